The van der Waals surface area contributed by atoms with Gasteiger partial charge in [0.25, 0.3) is 0 Å². The second kappa shape index (κ2) is 4.77. The molecule has 0 radical (unpaired) electrons. The van der Waals surface area contributed by atoms with E-state index < -0.39 is 0 Å². The molecule has 0 saturated heterocycles. The van der Waals surface area contributed by atoms with Gasteiger partial charge in [-0.1, -0.05) is 46.3 Å². The molecule has 0 atom stereocenters. The number of aromatic nitrogens is 1. The number of aryl methyl sites for hydroxylation is 1. The fraction of sp³-hybridized carbons (Fsp3) is 0.182. The van der Waals surface area contributed by atoms with Gasteiger partial charge in [-0.3, -0.25) is 0 Å². The van der Waals surface area contributed by atoms with Crippen molar-refractivity contribution in [3.05, 3.63) is 41.7 Å². The van der Waals surface area contributed by atoms with Gasteiger partial charge in [0, 0.05) is 16.9 Å². The Bertz CT molecular complexity index is 439. The number of thiol groups is 1. The van der Waals surface area contributed by atoms with Crippen molar-refractivity contribution in [1.29, 1.82) is 0 Å². The first-order valence-corrected chi connectivity index (χ1v) is 6.63. The van der Waals surface area contributed by atoms with Gasteiger partial charge in [-0.25, -0.2) is 0 Å². The van der Waals surface area contributed by atoms with E-state index in [1.807, 2.05) is 37.3 Å². The van der Waals surface area contributed by atoms with Gasteiger partial charge in [0.1, 0.15) is 11.5 Å². The molecule has 2 rings (SSSR count). The predicted molar refractivity (Wildman–Crippen MR) is 67.0 cm³/mol. The van der Waals surface area contributed by atoms with E-state index in [1.165, 1.54) is 10.8 Å². The molecule has 4 heteroatoms. The Morgan fingerprint density at radius 2 is 2.07 bits per heavy atom. The smallest absolute Gasteiger partial charge is 0.138 e. The van der Waals surface area contributed by atoms with Crippen LogP contribution in [0.15, 0.2) is 34.9 Å². The zero-order valence-corrected chi connectivity index (χ0v) is 10.0. The quantitative estimate of drug-likeness (QED) is 0.650. The van der Waals surface area contributed by atoms with E-state index >= 15 is 0 Å². The Kier molecular flexibility index (Phi) is 3.38. The van der Waals surface area contributed by atoms with Crippen molar-refractivity contribution in [3.8, 4) is 11.3 Å². The first-order chi connectivity index (χ1) is 7.33. The summed E-state index contributed by atoms with van der Waals surface area (Å²) in [5.41, 5.74) is 3.14. The molecule has 0 aliphatic heterocycles. The predicted octanol–water partition coefficient (Wildman–Crippen LogP) is 3.73. The summed E-state index contributed by atoms with van der Waals surface area (Å²) in [4.78, 5) is 0. The second-order valence-electron chi connectivity index (χ2n) is 3.21. The van der Waals surface area contributed by atoms with Gasteiger partial charge in [0.2, 0.25) is 0 Å². The zero-order valence-electron chi connectivity index (χ0n) is 8.30. The summed E-state index contributed by atoms with van der Waals surface area (Å²) in [6.45, 7) is 1.93. The van der Waals surface area contributed by atoms with E-state index in [-0.39, 0.29) is 0 Å². The number of hydrogen-bond acceptors (Lipinski definition) is 4. The number of nitrogens with zero attached hydrogens (tertiary/aromatic N) is 1. The molecule has 15 heavy (non-hydrogen) atoms. The van der Waals surface area contributed by atoms with E-state index in [0.717, 1.165) is 28.3 Å². The van der Waals surface area contributed by atoms with Crippen LogP contribution in [-0.2, 0) is 5.75 Å². The van der Waals surface area contributed by atoms with Crippen molar-refractivity contribution in [2.75, 3.05) is 0 Å². The molecule has 0 fully saturated rings. The fourth-order valence-corrected chi connectivity index (χ4v) is 2.30. The van der Waals surface area contributed by atoms with Gasteiger partial charge in [0.05, 0.1) is 0 Å². The Hall–Kier alpha value is -0.870. The fourth-order valence-electron chi connectivity index (χ4n) is 1.45. The highest BCUT2D eigenvalue weighted by atomic mass is 33.1. The molecule has 0 unspecified atom stereocenters. The normalized spacial score (nSPS) is 10.5. The van der Waals surface area contributed by atoms with Crippen LogP contribution < -0.4 is 0 Å². The molecule has 2 aromatic rings. The minimum absolute atomic E-state index is 0.808. The molecule has 0 aliphatic carbocycles. The van der Waals surface area contributed by atoms with E-state index in [2.05, 4.69) is 16.8 Å². The number of rotatable bonds is 3. The van der Waals surface area contributed by atoms with E-state index in [4.69, 9.17) is 4.52 Å². The number of hydrogen-bond donors (Lipinski definition) is 1. The molecule has 78 valence electrons. The van der Waals surface area contributed by atoms with Gasteiger partial charge in [-0.05, 0) is 6.92 Å². The van der Waals surface area contributed by atoms with Gasteiger partial charge in [-0.15, -0.1) is 11.7 Å². The minimum Gasteiger partial charge on any atom is -0.361 e. The monoisotopic (exact) mass is 237 g/mol. The zero-order chi connectivity index (χ0) is 10.7. The van der Waals surface area contributed by atoms with Crippen molar-refractivity contribution in [2.24, 2.45) is 0 Å². The van der Waals surface area contributed by atoms with Crippen molar-refractivity contribution >= 4 is 22.5 Å². The molecule has 1 aromatic heterocycles. The summed E-state index contributed by atoms with van der Waals surface area (Å²) in [6, 6.07) is 10.0. The van der Waals surface area contributed by atoms with Crippen LogP contribution in [0.25, 0.3) is 11.3 Å². The first-order valence-electron chi connectivity index (χ1n) is 4.60. The lowest BCUT2D eigenvalue weighted by molar-refractivity contribution is 0.398. The average Bonchev–Trinajstić information content (AvgIpc) is 2.63. The molecule has 0 spiro atoms. The van der Waals surface area contributed by atoms with Crippen LogP contribution in [0.2, 0.25) is 0 Å². The molecular weight excluding hydrogens is 226 g/mol. The lowest BCUT2D eigenvalue weighted by Crippen LogP contribution is -1.85. The third-order valence-corrected chi connectivity index (χ3v) is 3.05. The summed E-state index contributed by atoms with van der Waals surface area (Å²) in [6.07, 6.45) is 0. The van der Waals surface area contributed by atoms with Crippen LogP contribution >= 0.6 is 22.5 Å². The third kappa shape index (κ3) is 2.21. The molecule has 1 heterocycles. The lowest BCUT2D eigenvalue weighted by atomic mass is 10.1. The highest BCUT2D eigenvalue weighted by molar-refractivity contribution is 8.68. The summed E-state index contributed by atoms with van der Waals surface area (Å²) in [7, 11) is 1.48. The topological polar surface area (TPSA) is 26.0 Å². The molecule has 0 aliphatic rings. The molecular formula is C11H11NOS2. The Morgan fingerprint density at radius 1 is 1.33 bits per heavy atom. The number of benzene rings is 1. The van der Waals surface area contributed by atoms with Crippen molar-refractivity contribution in [1.82, 2.24) is 5.16 Å². The summed E-state index contributed by atoms with van der Waals surface area (Å²) in [5.74, 6) is 1.68. The van der Waals surface area contributed by atoms with Crippen LogP contribution in [-0.4, -0.2) is 5.16 Å². The largest absolute Gasteiger partial charge is 0.361 e. The standard InChI is InChI=1S/C11H11NOS2/c1-8-10(7-15-14)11(12-13-8)9-5-3-2-4-6-9/h2-6,14H,7H2,1H3. The minimum atomic E-state index is 0.808. The highest BCUT2D eigenvalue weighted by Crippen LogP contribution is 2.29. The molecule has 0 N–H and O–H groups in total. The lowest BCUT2D eigenvalue weighted by Gasteiger charge is -1.99. The van der Waals surface area contributed by atoms with Gasteiger partial charge in [-0.2, -0.15) is 0 Å². The molecule has 1 aromatic carbocycles. The SMILES string of the molecule is Cc1onc(-c2ccccc2)c1CSS. The summed E-state index contributed by atoms with van der Waals surface area (Å²) < 4.78 is 5.21. The van der Waals surface area contributed by atoms with Gasteiger partial charge >= 0.3 is 0 Å². The second-order valence-corrected chi connectivity index (χ2v) is 4.53. The summed E-state index contributed by atoms with van der Waals surface area (Å²) in [5, 5.41) is 4.08. The third-order valence-electron chi connectivity index (χ3n) is 2.24. The molecule has 2 nitrogen and oxygen atoms in total. The average molecular weight is 237 g/mol. The van der Waals surface area contributed by atoms with Crippen LogP contribution in [0.5, 0.6) is 0 Å². The van der Waals surface area contributed by atoms with Crippen LogP contribution in [0, 0.1) is 6.92 Å². The molecule has 0 bridgehead atoms. The van der Waals surface area contributed by atoms with Crippen molar-refractivity contribution in [3.63, 3.8) is 0 Å². The van der Waals surface area contributed by atoms with E-state index in [1.54, 1.807) is 0 Å². The maximum Gasteiger partial charge on any atom is 0.138 e. The van der Waals surface area contributed by atoms with Gasteiger partial charge < -0.3 is 4.52 Å². The Labute approximate surface area is 97.9 Å². The molecule has 0 amide bonds. The maximum absolute atomic E-state index is 5.21. The van der Waals surface area contributed by atoms with Crippen LogP contribution in [0.3, 0.4) is 0 Å². The van der Waals surface area contributed by atoms with E-state index in [9.17, 15) is 0 Å². The van der Waals surface area contributed by atoms with Crippen molar-refractivity contribution in [2.45, 2.75) is 12.7 Å². The Morgan fingerprint density at radius 3 is 2.73 bits per heavy atom. The van der Waals surface area contributed by atoms with Crippen LogP contribution in [0.1, 0.15) is 11.3 Å². The molecule has 0 saturated carbocycles. The highest BCUT2D eigenvalue weighted by Gasteiger charge is 2.13. The van der Waals surface area contributed by atoms with Gasteiger partial charge in [0.15, 0.2) is 0 Å². The van der Waals surface area contributed by atoms with Crippen LogP contribution in [0.4, 0.5) is 0 Å². The first kappa shape index (κ1) is 10.6. The van der Waals surface area contributed by atoms with E-state index in [0.29, 0.717) is 0 Å². The Balaban J connectivity index is 2.44. The maximum atomic E-state index is 5.21. The van der Waals surface area contributed by atoms with Crippen molar-refractivity contribution < 1.29 is 4.52 Å². The summed E-state index contributed by atoms with van der Waals surface area (Å²) >= 11 is 4.16.